The van der Waals surface area contributed by atoms with Gasteiger partial charge in [-0.2, -0.15) is 0 Å². The Kier molecular flexibility index (Phi) is 10.0. The molecular weight excluding hydrogens is 198 g/mol. The molecule has 0 saturated carbocycles. The predicted molar refractivity (Wildman–Crippen MR) is 72.0 cm³/mol. The number of hydrogen-bond donors (Lipinski definition) is 1. The zero-order valence-electron chi connectivity index (χ0n) is 11.8. The van der Waals surface area contributed by atoms with E-state index in [4.69, 9.17) is 4.74 Å². The lowest BCUT2D eigenvalue weighted by molar-refractivity contribution is -0.0425. The molecule has 1 atom stereocenters. The van der Waals surface area contributed by atoms with E-state index in [9.17, 15) is 0 Å². The van der Waals surface area contributed by atoms with Gasteiger partial charge in [0.1, 0.15) is 0 Å². The molecule has 0 radical (unpaired) electrons. The maximum absolute atomic E-state index is 6.02. The molecule has 0 fully saturated rings. The van der Waals surface area contributed by atoms with Gasteiger partial charge >= 0.3 is 0 Å². The Labute approximate surface area is 102 Å². The van der Waals surface area contributed by atoms with Crippen LogP contribution in [0.1, 0.15) is 65.7 Å². The molecule has 0 saturated heterocycles. The number of unbranched alkanes of at least 4 members (excludes halogenated alkanes) is 3. The summed E-state index contributed by atoms with van der Waals surface area (Å²) in [6, 6.07) is 0. The Balaban J connectivity index is 3.64. The van der Waals surface area contributed by atoms with Gasteiger partial charge in [-0.3, -0.25) is 0 Å². The van der Waals surface area contributed by atoms with Crippen LogP contribution in [0.5, 0.6) is 0 Å². The van der Waals surface area contributed by atoms with Gasteiger partial charge in [0.05, 0.1) is 5.60 Å². The normalized spacial score (nSPS) is 15.0. The number of rotatable bonds is 11. The van der Waals surface area contributed by atoms with E-state index in [1.54, 1.807) is 0 Å². The molecule has 1 unspecified atom stereocenters. The van der Waals surface area contributed by atoms with Crippen LogP contribution < -0.4 is 5.32 Å². The highest BCUT2D eigenvalue weighted by atomic mass is 16.5. The van der Waals surface area contributed by atoms with Crippen molar-refractivity contribution in [1.29, 1.82) is 0 Å². The summed E-state index contributed by atoms with van der Waals surface area (Å²) < 4.78 is 6.02. The third kappa shape index (κ3) is 8.12. The summed E-state index contributed by atoms with van der Waals surface area (Å²) in [6.45, 7) is 8.69. The summed E-state index contributed by atoms with van der Waals surface area (Å²) in [4.78, 5) is 0. The fraction of sp³-hybridized carbons (Fsp3) is 1.00. The zero-order chi connectivity index (χ0) is 12.3. The third-order valence-corrected chi connectivity index (χ3v) is 3.33. The average Bonchev–Trinajstić information content (AvgIpc) is 2.31. The first-order valence-electron chi connectivity index (χ1n) is 6.97. The van der Waals surface area contributed by atoms with E-state index in [1.165, 1.54) is 32.1 Å². The zero-order valence-corrected chi connectivity index (χ0v) is 11.8. The highest BCUT2D eigenvalue weighted by Gasteiger charge is 2.21. The summed E-state index contributed by atoms with van der Waals surface area (Å²) in [7, 11) is 1.99. The molecule has 0 bridgehead atoms. The number of hydrogen-bond acceptors (Lipinski definition) is 2. The molecule has 0 amide bonds. The predicted octanol–water partition coefficient (Wildman–Crippen LogP) is 3.75. The lowest BCUT2D eigenvalue weighted by Crippen LogP contribution is -2.29. The standard InChI is InChI=1S/C14H31NO/c1-5-7-8-9-11-14(3,6-2)16-13-10-12-15-4/h15H,5-13H2,1-4H3. The van der Waals surface area contributed by atoms with Gasteiger partial charge in [0.25, 0.3) is 0 Å². The summed E-state index contributed by atoms with van der Waals surface area (Å²) >= 11 is 0. The summed E-state index contributed by atoms with van der Waals surface area (Å²) in [5.74, 6) is 0. The molecule has 16 heavy (non-hydrogen) atoms. The van der Waals surface area contributed by atoms with Gasteiger partial charge in [0.15, 0.2) is 0 Å². The van der Waals surface area contributed by atoms with E-state index in [-0.39, 0.29) is 5.60 Å². The van der Waals surface area contributed by atoms with Crippen molar-refractivity contribution in [2.75, 3.05) is 20.2 Å². The molecule has 0 aromatic heterocycles. The molecular formula is C14H31NO. The van der Waals surface area contributed by atoms with E-state index in [0.717, 1.165) is 26.0 Å². The van der Waals surface area contributed by atoms with E-state index >= 15 is 0 Å². The lowest BCUT2D eigenvalue weighted by atomic mass is 9.95. The molecule has 0 heterocycles. The molecule has 0 aliphatic carbocycles. The molecule has 0 aromatic rings. The van der Waals surface area contributed by atoms with Gasteiger partial charge in [-0.25, -0.2) is 0 Å². The van der Waals surface area contributed by atoms with Gasteiger partial charge in [-0.1, -0.05) is 39.5 Å². The fourth-order valence-corrected chi connectivity index (χ4v) is 1.84. The Morgan fingerprint density at radius 2 is 1.81 bits per heavy atom. The van der Waals surface area contributed by atoms with Crippen molar-refractivity contribution >= 4 is 0 Å². The highest BCUT2D eigenvalue weighted by Crippen LogP contribution is 2.23. The van der Waals surface area contributed by atoms with Crippen molar-refractivity contribution < 1.29 is 4.74 Å². The molecule has 2 nitrogen and oxygen atoms in total. The molecule has 0 aromatic carbocycles. The Bertz CT molecular complexity index is 136. The second-order valence-electron chi connectivity index (χ2n) is 4.92. The SMILES string of the molecule is CCCCCCC(C)(CC)OCCCNC. The van der Waals surface area contributed by atoms with Crippen molar-refractivity contribution in [2.45, 2.75) is 71.3 Å². The summed E-state index contributed by atoms with van der Waals surface area (Å²) in [6.07, 6.45) is 8.78. The molecule has 0 aliphatic rings. The van der Waals surface area contributed by atoms with Crippen LogP contribution in [0.25, 0.3) is 0 Å². The topological polar surface area (TPSA) is 21.3 Å². The van der Waals surface area contributed by atoms with Gasteiger partial charge in [0.2, 0.25) is 0 Å². The van der Waals surface area contributed by atoms with E-state index < -0.39 is 0 Å². The third-order valence-electron chi connectivity index (χ3n) is 3.33. The van der Waals surface area contributed by atoms with Crippen molar-refractivity contribution in [3.63, 3.8) is 0 Å². The molecule has 2 heteroatoms. The first kappa shape index (κ1) is 15.9. The van der Waals surface area contributed by atoms with Crippen LogP contribution in [-0.4, -0.2) is 25.8 Å². The van der Waals surface area contributed by atoms with E-state index in [2.05, 4.69) is 26.1 Å². The van der Waals surface area contributed by atoms with E-state index in [1.807, 2.05) is 7.05 Å². The Morgan fingerprint density at radius 1 is 1.06 bits per heavy atom. The quantitative estimate of drug-likeness (QED) is 0.545. The molecule has 0 rings (SSSR count). The van der Waals surface area contributed by atoms with Gasteiger partial charge in [0, 0.05) is 6.61 Å². The minimum absolute atomic E-state index is 0.113. The van der Waals surface area contributed by atoms with Crippen LogP contribution >= 0.6 is 0 Å². The first-order chi connectivity index (χ1) is 7.68. The Morgan fingerprint density at radius 3 is 2.38 bits per heavy atom. The van der Waals surface area contributed by atoms with Gasteiger partial charge in [-0.05, 0) is 39.8 Å². The van der Waals surface area contributed by atoms with Crippen molar-refractivity contribution in [3.05, 3.63) is 0 Å². The summed E-state index contributed by atoms with van der Waals surface area (Å²) in [5.41, 5.74) is 0.113. The molecule has 0 spiro atoms. The molecule has 1 N–H and O–H groups in total. The van der Waals surface area contributed by atoms with Crippen LogP contribution in [0.2, 0.25) is 0 Å². The van der Waals surface area contributed by atoms with Crippen molar-refractivity contribution in [2.24, 2.45) is 0 Å². The Hall–Kier alpha value is -0.0800. The minimum Gasteiger partial charge on any atom is -0.375 e. The van der Waals surface area contributed by atoms with Gasteiger partial charge < -0.3 is 10.1 Å². The van der Waals surface area contributed by atoms with Gasteiger partial charge in [-0.15, -0.1) is 0 Å². The maximum Gasteiger partial charge on any atom is 0.0651 e. The highest BCUT2D eigenvalue weighted by molar-refractivity contribution is 4.73. The van der Waals surface area contributed by atoms with Crippen LogP contribution in [-0.2, 0) is 4.74 Å². The fourth-order valence-electron chi connectivity index (χ4n) is 1.84. The second-order valence-corrected chi connectivity index (χ2v) is 4.92. The smallest absolute Gasteiger partial charge is 0.0651 e. The molecule has 98 valence electrons. The van der Waals surface area contributed by atoms with Crippen molar-refractivity contribution in [3.8, 4) is 0 Å². The van der Waals surface area contributed by atoms with Crippen LogP contribution in [0.4, 0.5) is 0 Å². The molecule has 0 aliphatic heterocycles. The second kappa shape index (κ2) is 10.1. The van der Waals surface area contributed by atoms with E-state index in [0.29, 0.717) is 0 Å². The summed E-state index contributed by atoms with van der Waals surface area (Å²) in [5, 5.41) is 3.15. The monoisotopic (exact) mass is 229 g/mol. The number of nitrogens with one attached hydrogen (secondary N) is 1. The van der Waals surface area contributed by atoms with Crippen LogP contribution in [0.15, 0.2) is 0 Å². The van der Waals surface area contributed by atoms with Crippen LogP contribution in [0.3, 0.4) is 0 Å². The maximum atomic E-state index is 6.02. The van der Waals surface area contributed by atoms with Crippen LogP contribution in [0, 0.1) is 0 Å². The number of ether oxygens (including phenoxy) is 1. The first-order valence-corrected chi connectivity index (χ1v) is 6.97. The largest absolute Gasteiger partial charge is 0.375 e. The van der Waals surface area contributed by atoms with Crippen molar-refractivity contribution in [1.82, 2.24) is 5.32 Å². The minimum atomic E-state index is 0.113. The average molecular weight is 229 g/mol. The lowest BCUT2D eigenvalue weighted by Gasteiger charge is -2.29.